The van der Waals surface area contributed by atoms with Crippen molar-refractivity contribution in [3.63, 3.8) is 0 Å². The van der Waals surface area contributed by atoms with Gasteiger partial charge in [0.15, 0.2) is 6.10 Å². The fourth-order valence-electron chi connectivity index (χ4n) is 2.37. The van der Waals surface area contributed by atoms with Crippen LogP contribution in [0.25, 0.3) is 0 Å². The van der Waals surface area contributed by atoms with Gasteiger partial charge in [-0.15, -0.1) is 0 Å². The van der Waals surface area contributed by atoms with E-state index in [4.69, 9.17) is 10.5 Å². The predicted molar refractivity (Wildman–Crippen MR) is 74.8 cm³/mol. The van der Waals surface area contributed by atoms with Crippen LogP contribution in [0.4, 0.5) is 4.39 Å². The van der Waals surface area contributed by atoms with Crippen molar-refractivity contribution in [1.29, 1.82) is 0 Å². The number of primary amides is 1. The average Bonchev–Trinajstić information content (AvgIpc) is 2.45. The van der Waals surface area contributed by atoms with E-state index in [0.717, 1.165) is 5.56 Å². The Morgan fingerprint density at radius 1 is 1.33 bits per heavy atom. The molecule has 2 N–H and O–H groups in total. The topological polar surface area (TPSA) is 72.6 Å². The van der Waals surface area contributed by atoms with Crippen molar-refractivity contribution >= 4 is 11.8 Å². The fraction of sp³-hybridized carbons (Fsp3) is 0.467. The molecule has 0 aromatic heterocycles. The van der Waals surface area contributed by atoms with E-state index in [-0.39, 0.29) is 24.4 Å². The second-order valence-electron chi connectivity index (χ2n) is 5.26. The molecule has 0 bridgehead atoms. The lowest BCUT2D eigenvalue weighted by Crippen LogP contribution is -2.53. The van der Waals surface area contributed by atoms with Crippen LogP contribution in [0.2, 0.25) is 0 Å². The maximum absolute atomic E-state index is 12.8. The number of hydrogen-bond donors (Lipinski definition) is 1. The Morgan fingerprint density at radius 2 is 2.00 bits per heavy atom. The van der Waals surface area contributed by atoms with Crippen LogP contribution >= 0.6 is 0 Å². The lowest BCUT2D eigenvalue weighted by Gasteiger charge is -2.35. The standard InChI is InChI=1S/C15H19FN2O3/c1-10-8-18(9-13(21-10)15(17)20)14(19)7-4-11-2-5-12(16)6-3-11/h2-3,5-6,10,13H,4,7-9H2,1H3,(H2,17,20)/t10-,13?/m1/s1. The third-order valence-corrected chi connectivity index (χ3v) is 3.47. The smallest absolute Gasteiger partial charge is 0.248 e. The van der Waals surface area contributed by atoms with Crippen molar-refractivity contribution < 1.29 is 18.7 Å². The van der Waals surface area contributed by atoms with Crippen molar-refractivity contribution in [2.24, 2.45) is 5.73 Å². The first-order valence-electron chi connectivity index (χ1n) is 6.92. The van der Waals surface area contributed by atoms with Gasteiger partial charge in [0.1, 0.15) is 5.82 Å². The first-order chi connectivity index (χ1) is 9.95. The molecule has 0 aliphatic carbocycles. The number of nitrogens with two attached hydrogens (primary N) is 1. The zero-order valence-corrected chi connectivity index (χ0v) is 11.9. The van der Waals surface area contributed by atoms with Crippen molar-refractivity contribution in [1.82, 2.24) is 4.90 Å². The van der Waals surface area contributed by atoms with Crippen molar-refractivity contribution in [3.05, 3.63) is 35.6 Å². The summed E-state index contributed by atoms with van der Waals surface area (Å²) in [5.74, 6) is -0.907. The van der Waals surface area contributed by atoms with Crippen LogP contribution in [0, 0.1) is 5.82 Å². The normalized spacial score (nSPS) is 22.1. The molecule has 21 heavy (non-hydrogen) atoms. The second-order valence-corrected chi connectivity index (χ2v) is 5.26. The van der Waals surface area contributed by atoms with E-state index in [0.29, 0.717) is 19.4 Å². The summed E-state index contributed by atoms with van der Waals surface area (Å²) in [6.07, 6.45) is -0.120. The molecule has 0 radical (unpaired) electrons. The van der Waals surface area contributed by atoms with Gasteiger partial charge in [0, 0.05) is 13.0 Å². The molecular formula is C15H19FN2O3. The van der Waals surface area contributed by atoms with Gasteiger partial charge in [-0.1, -0.05) is 12.1 Å². The quantitative estimate of drug-likeness (QED) is 0.895. The van der Waals surface area contributed by atoms with Gasteiger partial charge in [-0.2, -0.15) is 0 Å². The zero-order chi connectivity index (χ0) is 15.4. The van der Waals surface area contributed by atoms with E-state index >= 15 is 0 Å². The van der Waals surface area contributed by atoms with Crippen LogP contribution in [-0.2, 0) is 20.7 Å². The molecule has 1 aromatic rings. The van der Waals surface area contributed by atoms with Crippen LogP contribution in [-0.4, -0.2) is 42.0 Å². The number of ether oxygens (including phenoxy) is 1. The van der Waals surface area contributed by atoms with Crippen molar-refractivity contribution in [3.8, 4) is 0 Å². The molecule has 5 nitrogen and oxygen atoms in total. The third-order valence-electron chi connectivity index (χ3n) is 3.47. The van der Waals surface area contributed by atoms with E-state index in [2.05, 4.69) is 0 Å². The number of nitrogens with zero attached hydrogens (tertiary/aromatic N) is 1. The van der Waals surface area contributed by atoms with Gasteiger partial charge in [-0.3, -0.25) is 9.59 Å². The number of carbonyl (C=O) groups is 2. The SMILES string of the molecule is C[C@@H]1CN(C(=O)CCc2ccc(F)cc2)CC(C(N)=O)O1. The molecule has 1 heterocycles. The molecule has 1 aliphatic rings. The Labute approximate surface area is 122 Å². The van der Waals surface area contributed by atoms with Gasteiger partial charge in [-0.25, -0.2) is 4.39 Å². The van der Waals surface area contributed by atoms with Crippen LogP contribution in [0.1, 0.15) is 18.9 Å². The molecule has 1 aromatic carbocycles. The van der Waals surface area contributed by atoms with Crippen molar-refractivity contribution in [2.45, 2.75) is 32.0 Å². The molecule has 1 unspecified atom stereocenters. The van der Waals surface area contributed by atoms with E-state index in [1.807, 2.05) is 0 Å². The van der Waals surface area contributed by atoms with Gasteiger partial charge in [0.05, 0.1) is 12.6 Å². The highest BCUT2D eigenvalue weighted by Gasteiger charge is 2.31. The second kappa shape index (κ2) is 6.67. The van der Waals surface area contributed by atoms with Crippen LogP contribution in [0.5, 0.6) is 0 Å². The molecule has 6 heteroatoms. The summed E-state index contributed by atoms with van der Waals surface area (Å²) < 4.78 is 18.2. The number of amides is 2. The maximum Gasteiger partial charge on any atom is 0.248 e. The molecular weight excluding hydrogens is 275 g/mol. The Hall–Kier alpha value is -1.95. The number of benzene rings is 1. The number of aryl methyl sites for hydroxylation is 1. The molecule has 0 spiro atoms. The Balaban J connectivity index is 1.90. The maximum atomic E-state index is 12.8. The van der Waals surface area contributed by atoms with Gasteiger partial charge in [-0.05, 0) is 31.0 Å². The lowest BCUT2D eigenvalue weighted by molar-refractivity contribution is -0.152. The minimum Gasteiger partial charge on any atom is -0.367 e. The molecule has 2 rings (SSSR count). The van der Waals surface area contributed by atoms with E-state index in [1.165, 1.54) is 12.1 Å². The first-order valence-corrected chi connectivity index (χ1v) is 6.92. The Kier molecular flexibility index (Phi) is 4.90. The first kappa shape index (κ1) is 15.4. The summed E-state index contributed by atoms with van der Waals surface area (Å²) in [5, 5.41) is 0. The predicted octanol–water partition coefficient (Wildman–Crippen LogP) is 0.859. The Morgan fingerprint density at radius 3 is 2.62 bits per heavy atom. The number of halogens is 1. The number of rotatable bonds is 4. The van der Waals surface area contributed by atoms with Gasteiger partial charge in [0.2, 0.25) is 11.8 Å². The minimum absolute atomic E-state index is 0.0549. The lowest BCUT2D eigenvalue weighted by atomic mass is 10.1. The van der Waals surface area contributed by atoms with Gasteiger partial charge in [0.25, 0.3) is 0 Å². The summed E-state index contributed by atoms with van der Waals surface area (Å²) in [7, 11) is 0. The van der Waals surface area contributed by atoms with Crippen LogP contribution in [0.15, 0.2) is 24.3 Å². The van der Waals surface area contributed by atoms with Crippen molar-refractivity contribution in [2.75, 3.05) is 13.1 Å². The average molecular weight is 294 g/mol. The molecule has 1 saturated heterocycles. The van der Waals surface area contributed by atoms with Gasteiger partial charge < -0.3 is 15.4 Å². The van der Waals surface area contributed by atoms with Crippen LogP contribution in [0.3, 0.4) is 0 Å². The molecule has 2 amide bonds. The summed E-state index contributed by atoms with van der Waals surface area (Å²) in [5.41, 5.74) is 6.13. The summed E-state index contributed by atoms with van der Waals surface area (Å²) in [6, 6.07) is 6.08. The summed E-state index contributed by atoms with van der Waals surface area (Å²) >= 11 is 0. The molecule has 1 aliphatic heterocycles. The largest absolute Gasteiger partial charge is 0.367 e. The van der Waals surface area contributed by atoms with E-state index in [9.17, 15) is 14.0 Å². The number of morpholine rings is 1. The molecule has 0 saturated carbocycles. The monoisotopic (exact) mass is 294 g/mol. The molecule has 2 atom stereocenters. The fourth-order valence-corrected chi connectivity index (χ4v) is 2.37. The highest BCUT2D eigenvalue weighted by molar-refractivity contribution is 5.81. The highest BCUT2D eigenvalue weighted by atomic mass is 19.1. The van der Waals surface area contributed by atoms with Gasteiger partial charge >= 0.3 is 0 Å². The molecule has 1 fully saturated rings. The number of hydrogen-bond acceptors (Lipinski definition) is 3. The molecule has 114 valence electrons. The Bertz CT molecular complexity index is 518. The highest BCUT2D eigenvalue weighted by Crippen LogP contribution is 2.13. The third kappa shape index (κ3) is 4.26. The summed E-state index contributed by atoms with van der Waals surface area (Å²) in [6.45, 7) is 2.45. The minimum atomic E-state index is -0.747. The summed E-state index contributed by atoms with van der Waals surface area (Å²) in [4.78, 5) is 25.0. The number of carbonyl (C=O) groups excluding carboxylic acids is 2. The van der Waals surface area contributed by atoms with E-state index in [1.54, 1.807) is 24.0 Å². The van der Waals surface area contributed by atoms with Crippen LogP contribution < -0.4 is 5.73 Å². The van der Waals surface area contributed by atoms with E-state index < -0.39 is 12.0 Å². The zero-order valence-electron chi connectivity index (χ0n) is 11.9.